The van der Waals surface area contributed by atoms with Gasteiger partial charge in [0.05, 0.1) is 0 Å². The molecule has 0 aliphatic carbocycles. The van der Waals surface area contributed by atoms with Crippen LogP contribution >= 0.6 is 0 Å². The SMILES string of the molecule is CC(C)(C)C(C)(C)Cc1ccccc1O. The highest BCUT2D eigenvalue weighted by atomic mass is 16.3. The van der Waals surface area contributed by atoms with Gasteiger partial charge in [0, 0.05) is 0 Å². The molecule has 0 atom stereocenters. The molecule has 1 aromatic carbocycles. The van der Waals surface area contributed by atoms with Gasteiger partial charge < -0.3 is 5.11 Å². The molecule has 0 saturated carbocycles. The lowest BCUT2D eigenvalue weighted by Crippen LogP contribution is -2.31. The van der Waals surface area contributed by atoms with Crippen molar-refractivity contribution < 1.29 is 5.11 Å². The van der Waals surface area contributed by atoms with E-state index in [2.05, 4.69) is 34.6 Å². The second kappa shape index (κ2) is 3.88. The Balaban J connectivity index is 2.92. The van der Waals surface area contributed by atoms with Gasteiger partial charge in [-0.2, -0.15) is 0 Å². The van der Waals surface area contributed by atoms with Crippen LogP contribution in [0.15, 0.2) is 24.3 Å². The van der Waals surface area contributed by atoms with Gasteiger partial charge in [-0.05, 0) is 28.9 Å². The maximum absolute atomic E-state index is 9.74. The van der Waals surface area contributed by atoms with Gasteiger partial charge in [-0.3, -0.25) is 0 Å². The predicted molar refractivity (Wildman–Crippen MR) is 65.0 cm³/mol. The van der Waals surface area contributed by atoms with E-state index < -0.39 is 0 Å². The summed E-state index contributed by atoms with van der Waals surface area (Å²) in [6.07, 6.45) is 0.906. The summed E-state index contributed by atoms with van der Waals surface area (Å²) in [7, 11) is 0. The van der Waals surface area contributed by atoms with Crippen molar-refractivity contribution in [3.63, 3.8) is 0 Å². The summed E-state index contributed by atoms with van der Waals surface area (Å²) in [5, 5.41) is 9.74. The first-order valence-corrected chi connectivity index (χ1v) is 5.51. The number of benzene rings is 1. The zero-order chi connectivity index (χ0) is 11.7. The first-order valence-electron chi connectivity index (χ1n) is 5.51. The van der Waals surface area contributed by atoms with Crippen molar-refractivity contribution in [3.05, 3.63) is 29.8 Å². The van der Waals surface area contributed by atoms with Crippen LogP contribution in [-0.4, -0.2) is 5.11 Å². The fourth-order valence-corrected chi connectivity index (χ4v) is 1.40. The van der Waals surface area contributed by atoms with Gasteiger partial charge in [-0.25, -0.2) is 0 Å². The first-order chi connectivity index (χ1) is 6.74. The molecule has 0 spiro atoms. The van der Waals surface area contributed by atoms with Crippen LogP contribution in [0.3, 0.4) is 0 Å². The molecule has 0 fully saturated rings. The van der Waals surface area contributed by atoms with Crippen LogP contribution < -0.4 is 0 Å². The van der Waals surface area contributed by atoms with Gasteiger partial charge in [0.2, 0.25) is 0 Å². The number of hydrogen-bond acceptors (Lipinski definition) is 1. The van der Waals surface area contributed by atoms with Crippen molar-refractivity contribution in [3.8, 4) is 5.75 Å². The highest BCUT2D eigenvalue weighted by Gasteiger charge is 2.33. The molecule has 0 amide bonds. The Morgan fingerprint density at radius 1 is 1.00 bits per heavy atom. The second-order valence-electron chi connectivity index (χ2n) is 5.94. The molecule has 1 nitrogen and oxygen atoms in total. The van der Waals surface area contributed by atoms with E-state index in [0.717, 1.165) is 12.0 Å². The molecule has 0 aromatic heterocycles. The smallest absolute Gasteiger partial charge is 0.118 e. The van der Waals surface area contributed by atoms with Crippen molar-refractivity contribution in [1.82, 2.24) is 0 Å². The zero-order valence-electron chi connectivity index (χ0n) is 10.5. The Hall–Kier alpha value is -0.980. The highest BCUT2D eigenvalue weighted by Crippen LogP contribution is 2.41. The van der Waals surface area contributed by atoms with Crippen LogP contribution in [0, 0.1) is 10.8 Å². The lowest BCUT2D eigenvalue weighted by atomic mass is 9.66. The summed E-state index contributed by atoms with van der Waals surface area (Å²) >= 11 is 0. The average molecular weight is 206 g/mol. The van der Waals surface area contributed by atoms with E-state index in [9.17, 15) is 5.11 Å². The van der Waals surface area contributed by atoms with Crippen molar-refractivity contribution in [1.29, 1.82) is 0 Å². The third-order valence-corrected chi connectivity index (χ3v) is 3.65. The van der Waals surface area contributed by atoms with Gasteiger partial charge in [0.25, 0.3) is 0 Å². The van der Waals surface area contributed by atoms with E-state index in [-0.39, 0.29) is 10.8 Å². The van der Waals surface area contributed by atoms with Crippen LogP contribution in [0.25, 0.3) is 0 Å². The zero-order valence-corrected chi connectivity index (χ0v) is 10.5. The largest absolute Gasteiger partial charge is 0.508 e. The third-order valence-electron chi connectivity index (χ3n) is 3.65. The number of aromatic hydroxyl groups is 1. The molecule has 0 bridgehead atoms. The van der Waals surface area contributed by atoms with E-state index >= 15 is 0 Å². The minimum absolute atomic E-state index is 0.172. The summed E-state index contributed by atoms with van der Waals surface area (Å²) < 4.78 is 0. The molecule has 0 unspecified atom stereocenters. The molecular weight excluding hydrogens is 184 g/mol. The van der Waals surface area contributed by atoms with E-state index in [1.165, 1.54) is 0 Å². The Bertz CT molecular complexity index is 331. The van der Waals surface area contributed by atoms with E-state index in [4.69, 9.17) is 0 Å². The lowest BCUT2D eigenvalue weighted by Gasteiger charge is -2.39. The second-order valence-corrected chi connectivity index (χ2v) is 5.94. The summed E-state index contributed by atoms with van der Waals surface area (Å²) in [5.74, 6) is 0.412. The number of para-hydroxylation sites is 1. The Morgan fingerprint density at radius 2 is 1.53 bits per heavy atom. The molecule has 0 saturated heterocycles. The summed E-state index contributed by atoms with van der Waals surface area (Å²) in [6.45, 7) is 11.2. The fraction of sp³-hybridized carbons (Fsp3) is 0.571. The third kappa shape index (κ3) is 2.74. The van der Waals surface area contributed by atoms with Gasteiger partial charge in [-0.15, -0.1) is 0 Å². The van der Waals surface area contributed by atoms with Gasteiger partial charge in [-0.1, -0.05) is 52.8 Å². The summed E-state index contributed by atoms with van der Waals surface area (Å²) in [5.41, 5.74) is 1.44. The lowest BCUT2D eigenvalue weighted by molar-refractivity contribution is 0.131. The monoisotopic (exact) mass is 206 g/mol. The molecule has 0 heterocycles. The molecule has 15 heavy (non-hydrogen) atoms. The molecular formula is C14H22O. The Morgan fingerprint density at radius 3 is 2.00 bits per heavy atom. The maximum atomic E-state index is 9.74. The molecule has 1 N–H and O–H groups in total. The molecule has 1 rings (SSSR count). The van der Waals surface area contributed by atoms with E-state index in [1.54, 1.807) is 6.07 Å². The van der Waals surface area contributed by atoms with Crippen LogP contribution in [0.4, 0.5) is 0 Å². The van der Waals surface area contributed by atoms with Crippen LogP contribution in [0.1, 0.15) is 40.2 Å². The topological polar surface area (TPSA) is 20.2 Å². The van der Waals surface area contributed by atoms with Crippen molar-refractivity contribution >= 4 is 0 Å². The minimum Gasteiger partial charge on any atom is -0.508 e. The molecule has 0 aliphatic rings. The molecule has 84 valence electrons. The first kappa shape index (κ1) is 12.1. The number of hydrogen-bond donors (Lipinski definition) is 1. The van der Waals surface area contributed by atoms with Gasteiger partial charge in [0.15, 0.2) is 0 Å². The summed E-state index contributed by atoms with van der Waals surface area (Å²) in [4.78, 5) is 0. The number of phenols is 1. The van der Waals surface area contributed by atoms with Crippen LogP contribution in [-0.2, 0) is 6.42 Å². The quantitative estimate of drug-likeness (QED) is 0.775. The predicted octanol–water partition coefficient (Wildman–Crippen LogP) is 4.01. The number of phenolic OH excluding ortho intramolecular Hbond substituents is 1. The Kier molecular flexibility index (Phi) is 3.13. The van der Waals surface area contributed by atoms with Gasteiger partial charge >= 0.3 is 0 Å². The van der Waals surface area contributed by atoms with Crippen molar-refractivity contribution in [2.45, 2.75) is 41.0 Å². The molecule has 0 radical (unpaired) electrons. The standard InChI is InChI=1S/C14H22O/c1-13(2,3)14(4,5)10-11-8-6-7-9-12(11)15/h6-9,15H,10H2,1-5H3. The van der Waals surface area contributed by atoms with Crippen molar-refractivity contribution in [2.24, 2.45) is 10.8 Å². The van der Waals surface area contributed by atoms with Crippen molar-refractivity contribution in [2.75, 3.05) is 0 Å². The van der Waals surface area contributed by atoms with E-state index in [1.807, 2.05) is 18.2 Å². The minimum atomic E-state index is 0.172. The Labute approximate surface area is 93.1 Å². The van der Waals surface area contributed by atoms with Crippen LogP contribution in [0.5, 0.6) is 5.75 Å². The molecule has 0 aliphatic heterocycles. The number of rotatable bonds is 2. The van der Waals surface area contributed by atoms with E-state index in [0.29, 0.717) is 5.75 Å². The maximum Gasteiger partial charge on any atom is 0.118 e. The van der Waals surface area contributed by atoms with Gasteiger partial charge in [0.1, 0.15) is 5.75 Å². The van der Waals surface area contributed by atoms with Crippen LogP contribution in [0.2, 0.25) is 0 Å². The highest BCUT2D eigenvalue weighted by molar-refractivity contribution is 5.32. The summed E-state index contributed by atoms with van der Waals surface area (Å²) in [6, 6.07) is 7.60. The normalized spacial score (nSPS) is 12.9. The average Bonchev–Trinajstić information content (AvgIpc) is 2.06. The fourth-order valence-electron chi connectivity index (χ4n) is 1.40. The molecule has 1 heteroatoms. The molecule has 1 aromatic rings.